The maximum Gasteiger partial charge on any atom is 0.258 e. The molecule has 33 heavy (non-hydrogen) atoms. The number of nitrogens with zero attached hydrogens (tertiary/aromatic N) is 2. The van der Waals surface area contributed by atoms with E-state index in [2.05, 4.69) is 31.5 Å². The van der Waals surface area contributed by atoms with E-state index in [1.54, 1.807) is 54.7 Å². The molecule has 1 aromatic heterocycles. The zero-order valence-electron chi connectivity index (χ0n) is 18.2. The average molecular weight is 506 g/mol. The highest BCUT2D eigenvalue weighted by molar-refractivity contribution is 9.10. The molecule has 8 heteroatoms. The molecule has 1 aliphatic heterocycles. The first-order valence-electron chi connectivity index (χ1n) is 10.7. The minimum Gasteiger partial charge on any atom is -0.357 e. The molecule has 0 radical (unpaired) electrons. The lowest BCUT2D eigenvalue weighted by Crippen LogP contribution is -2.27. The highest BCUT2D eigenvalue weighted by atomic mass is 79.9. The van der Waals surface area contributed by atoms with Crippen LogP contribution in [0.4, 0.5) is 11.5 Å². The van der Waals surface area contributed by atoms with E-state index in [4.69, 9.17) is 5.41 Å². The van der Waals surface area contributed by atoms with Crippen molar-refractivity contribution in [3.8, 4) is 0 Å². The molecule has 1 fully saturated rings. The van der Waals surface area contributed by atoms with Crippen LogP contribution in [-0.2, 0) is 0 Å². The van der Waals surface area contributed by atoms with Crippen molar-refractivity contribution in [2.45, 2.75) is 19.8 Å². The highest BCUT2D eigenvalue weighted by Crippen LogP contribution is 2.21. The van der Waals surface area contributed by atoms with Crippen molar-refractivity contribution in [3.63, 3.8) is 0 Å². The summed E-state index contributed by atoms with van der Waals surface area (Å²) in [6, 6.07) is 15.7. The second-order valence-corrected chi connectivity index (χ2v) is 8.85. The van der Waals surface area contributed by atoms with Crippen molar-refractivity contribution in [1.82, 2.24) is 9.88 Å². The largest absolute Gasteiger partial charge is 0.357 e. The van der Waals surface area contributed by atoms with Gasteiger partial charge in [-0.25, -0.2) is 4.98 Å². The van der Waals surface area contributed by atoms with Gasteiger partial charge in [0.2, 0.25) is 0 Å². The summed E-state index contributed by atoms with van der Waals surface area (Å²) in [5.41, 5.74) is 2.89. The quantitative estimate of drug-likeness (QED) is 0.332. The van der Waals surface area contributed by atoms with Crippen molar-refractivity contribution in [3.05, 3.63) is 87.5 Å². The minimum absolute atomic E-state index is 0.325. The van der Waals surface area contributed by atoms with Crippen LogP contribution in [0.25, 0.3) is 0 Å². The van der Waals surface area contributed by atoms with Crippen LogP contribution in [-0.4, -0.2) is 40.6 Å². The number of halogens is 1. The molecule has 3 aromatic rings. The van der Waals surface area contributed by atoms with Crippen LogP contribution in [0.2, 0.25) is 0 Å². The van der Waals surface area contributed by atoms with Crippen molar-refractivity contribution in [2.75, 3.05) is 23.7 Å². The predicted octanol–water partition coefficient (Wildman–Crippen LogP) is 5.08. The molecule has 2 amide bonds. The number of carbonyl (C=O) groups excluding carboxylic acids is 2. The molecule has 0 bridgehead atoms. The van der Waals surface area contributed by atoms with E-state index >= 15 is 0 Å². The van der Waals surface area contributed by atoms with Gasteiger partial charge < -0.3 is 15.5 Å². The van der Waals surface area contributed by atoms with Gasteiger partial charge in [-0.2, -0.15) is 0 Å². The normalized spacial score (nSPS) is 13.0. The van der Waals surface area contributed by atoms with Gasteiger partial charge in [-0.1, -0.05) is 23.8 Å². The maximum absolute atomic E-state index is 12.9. The summed E-state index contributed by atoms with van der Waals surface area (Å²) >= 11 is 3.32. The third-order valence-electron chi connectivity index (χ3n) is 5.48. The predicted molar refractivity (Wildman–Crippen MR) is 133 cm³/mol. The van der Waals surface area contributed by atoms with Crippen LogP contribution in [0.15, 0.2) is 65.3 Å². The Bertz CT molecular complexity index is 1190. The minimum atomic E-state index is -0.363. The van der Waals surface area contributed by atoms with Crippen LogP contribution in [0.3, 0.4) is 0 Å². The molecular weight excluding hydrogens is 482 g/mol. The van der Waals surface area contributed by atoms with Crippen LogP contribution in [0.5, 0.6) is 0 Å². The summed E-state index contributed by atoms with van der Waals surface area (Å²) in [5, 5.41) is 14.0. The number of benzene rings is 2. The summed E-state index contributed by atoms with van der Waals surface area (Å²) in [4.78, 5) is 32.0. The molecule has 0 aliphatic carbocycles. The Kier molecular flexibility index (Phi) is 6.84. The molecular formula is C25H24BrN5O2. The van der Waals surface area contributed by atoms with Gasteiger partial charge in [0.15, 0.2) is 0 Å². The van der Waals surface area contributed by atoms with Crippen LogP contribution in [0.1, 0.15) is 44.7 Å². The zero-order valence-corrected chi connectivity index (χ0v) is 19.8. The fourth-order valence-corrected chi connectivity index (χ4v) is 3.92. The lowest BCUT2D eigenvalue weighted by Gasteiger charge is -2.18. The second-order valence-electron chi connectivity index (χ2n) is 7.94. The number of nitrogens with one attached hydrogen (secondary N) is 3. The highest BCUT2D eigenvalue weighted by Gasteiger charge is 2.18. The molecule has 2 aromatic carbocycles. The van der Waals surface area contributed by atoms with Crippen molar-refractivity contribution in [1.29, 1.82) is 5.41 Å². The third kappa shape index (κ3) is 5.46. The lowest BCUT2D eigenvalue weighted by molar-refractivity contribution is 0.102. The van der Waals surface area contributed by atoms with E-state index in [1.165, 1.54) is 0 Å². The first-order chi connectivity index (χ1) is 15.9. The Morgan fingerprint density at radius 2 is 1.64 bits per heavy atom. The Labute approximate surface area is 200 Å². The number of aryl methyl sites for hydroxylation is 1. The van der Waals surface area contributed by atoms with Gasteiger partial charge in [0.25, 0.3) is 11.8 Å². The summed E-state index contributed by atoms with van der Waals surface area (Å²) in [6.45, 7) is 3.68. The number of hydrogen-bond donors (Lipinski definition) is 3. The molecule has 168 valence electrons. The lowest BCUT2D eigenvalue weighted by atomic mass is 10.1. The topological polar surface area (TPSA) is 98.2 Å². The van der Waals surface area contributed by atoms with Gasteiger partial charge in [0.05, 0.1) is 11.3 Å². The number of amides is 2. The third-order valence-corrected chi connectivity index (χ3v) is 5.95. The summed E-state index contributed by atoms with van der Waals surface area (Å²) in [6.07, 6.45) is 3.81. The Morgan fingerprint density at radius 1 is 0.939 bits per heavy atom. The zero-order chi connectivity index (χ0) is 23.4. The fourth-order valence-electron chi connectivity index (χ4n) is 3.69. The van der Waals surface area contributed by atoms with Gasteiger partial charge in [-0.15, -0.1) is 0 Å². The number of carbonyl (C=O) groups is 2. The molecule has 7 nitrogen and oxygen atoms in total. The Morgan fingerprint density at radius 3 is 2.30 bits per heavy atom. The first kappa shape index (κ1) is 22.7. The fraction of sp³-hybridized carbons (Fsp3) is 0.200. The van der Waals surface area contributed by atoms with Crippen molar-refractivity contribution < 1.29 is 9.59 Å². The van der Waals surface area contributed by atoms with Gasteiger partial charge in [-0.3, -0.25) is 15.0 Å². The number of amidine groups is 1. The smallest absolute Gasteiger partial charge is 0.258 e. The monoisotopic (exact) mass is 505 g/mol. The molecule has 0 spiro atoms. The van der Waals surface area contributed by atoms with Gasteiger partial charge in [-0.05, 0) is 72.1 Å². The van der Waals surface area contributed by atoms with Crippen molar-refractivity contribution >= 4 is 45.1 Å². The second kappa shape index (κ2) is 9.95. The maximum atomic E-state index is 12.9. The Hall–Kier alpha value is -3.52. The SMILES string of the molecule is Cc1ccc(NC(=O)c2ccc(C(=N)N3CCCC3)cc2)c(C(=O)Nc2ccc(Br)cn2)c1. The summed E-state index contributed by atoms with van der Waals surface area (Å²) < 4.78 is 0.811. The molecule has 0 unspecified atom stereocenters. The van der Waals surface area contributed by atoms with Gasteiger partial charge in [0.1, 0.15) is 11.7 Å². The molecule has 1 aliphatic rings. The average Bonchev–Trinajstić information content (AvgIpc) is 3.36. The molecule has 4 rings (SSSR count). The van der Waals surface area contributed by atoms with E-state index in [-0.39, 0.29) is 11.8 Å². The van der Waals surface area contributed by atoms with Crippen LogP contribution in [0, 0.1) is 12.3 Å². The Balaban J connectivity index is 1.49. The standard InChI is InChI=1S/C25H24BrN5O2/c1-16-4-10-21(20(14-16)25(33)30-22-11-9-19(26)15-28-22)29-24(32)18-7-5-17(6-8-18)23(27)31-12-2-3-13-31/h4-11,14-15,27H,2-3,12-13H2,1H3,(H,29,32)(H,28,30,33). The first-order valence-corrected chi connectivity index (χ1v) is 11.5. The van der Waals surface area contributed by atoms with Crippen LogP contribution >= 0.6 is 15.9 Å². The molecule has 3 N–H and O–H groups in total. The van der Waals surface area contributed by atoms with E-state index < -0.39 is 0 Å². The van der Waals surface area contributed by atoms with E-state index in [1.807, 2.05) is 17.9 Å². The summed E-state index contributed by atoms with van der Waals surface area (Å²) in [5.74, 6) is 0.212. The molecule has 0 atom stereocenters. The van der Waals surface area contributed by atoms with Crippen molar-refractivity contribution in [2.24, 2.45) is 0 Å². The van der Waals surface area contributed by atoms with Crippen LogP contribution < -0.4 is 10.6 Å². The summed E-state index contributed by atoms with van der Waals surface area (Å²) in [7, 11) is 0. The van der Waals surface area contributed by atoms with E-state index in [0.717, 1.165) is 41.5 Å². The number of pyridine rings is 1. The number of aromatic nitrogens is 1. The molecule has 0 saturated carbocycles. The van der Waals surface area contributed by atoms with Gasteiger partial charge >= 0.3 is 0 Å². The molecule has 2 heterocycles. The van der Waals surface area contributed by atoms with Gasteiger partial charge in [0, 0.05) is 34.9 Å². The number of anilines is 2. The van der Waals surface area contributed by atoms with E-state index in [9.17, 15) is 9.59 Å². The molecule has 1 saturated heterocycles. The van der Waals surface area contributed by atoms with E-state index in [0.29, 0.717) is 28.5 Å². The number of likely N-dealkylation sites (tertiary alicyclic amines) is 1. The number of rotatable bonds is 5. The number of hydrogen-bond acceptors (Lipinski definition) is 4.